The highest BCUT2D eigenvalue weighted by atomic mass is 19.3. The molecular weight excluding hydrogens is 154 g/mol. The number of rotatable bonds is 3. The van der Waals surface area contributed by atoms with Gasteiger partial charge in [-0.2, -0.15) is 0 Å². The van der Waals surface area contributed by atoms with Gasteiger partial charge in [0, 0.05) is 6.42 Å². The Hall–Kier alpha value is -0.670. The quantitative estimate of drug-likeness (QED) is 0.691. The maximum atomic E-state index is 12.9. The Bertz CT molecular complexity index is 185. The Morgan fingerprint density at radius 3 is 2.18 bits per heavy atom. The van der Waals surface area contributed by atoms with Crippen LogP contribution in [0.5, 0.6) is 0 Å². The summed E-state index contributed by atoms with van der Waals surface area (Å²) in [6, 6.07) is 0. The normalized spacial score (nSPS) is 21.4. The number of carboxylic acids is 1. The van der Waals surface area contributed by atoms with Crippen LogP contribution in [0.1, 0.15) is 26.2 Å². The Kier molecular flexibility index (Phi) is 1.65. The molecule has 1 rings (SSSR count). The molecule has 0 aliphatic heterocycles. The van der Waals surface area contributed by atoms with Crippen LogP contribution in [-0.2, 0) is 4.79 Å². The number of carboxylic acid groups (broad SMARTS) is 1. The third-order valence-corrected chi connectivity index (χ3v) is 2.30. The third kappa shape index (κ3) is 1.01. The molecule has 1 aliphatic rings. The van der Waals surface area contributed by atoms with Gasteiger partial charge in [0.1, 0.15) is 5.41 Å². The third-order valence-electron chi connectivity index (χ3n) is 2.30. The number of hydrogen-bond acceptors (Lipinski definition) is 1. The minimum Gasteiger partial charge on any atom is -0.481 e. The van der Waals surface area contributed by atoms with Crippen molar-refractivity contribution in [3.8, 4) is 0 Å². The lowest BCUT2D eigenvalue weighted by Gasteiger charge is -2.20. The zero-order valence-corrected chi connectivity index (χ0v) is 6.23. The predicted octanol–water partition coefficient (Wildman–Crippen LogP) is 1.90. The van der Waals surface area contributed by atoms with Crippen LogP contribution in [0.3, 0.4) is 0 Å². The van der Waals surface area contributed by atoms with Crippen LogP contribution >= 0.6 is 0 Å². The molecule has 0 spiro atoms. The average molecular weight is 164 g/mol. The number of alkyl halides is 2. The molecule has 1 N–H and O–H groups in total. The molecule has 64 valence electrons. The molecule has 0 aromatic carbocycles. The van der Waals surface area contributed by atoms with Crippen LogP contribution < -0.4 is 0 Å². The molecule has 0 bridgehead atoms. The molecule has 1 aliphatic carbocycles. The second kappa shape index (κ2) is 2.16. The lowest BCUT2D eigenvalue weighted by molar-refractivity contribution is -0.162. The zero-order chi connectivity index (χ0) is 8.70. The largest absolute Gasteiger partial charge is 0.481 e. The molecule has 0 aromatic rings. The summed E-state index contributed by atoms with van der Waals surface area (Å²) >= 11 is 0. The molecule has 0 radical (unpaired) electrons. The Balaban J connectivity index is 2.80. The monoisotopic (exact) mass is 164 g/mol. The first kappa shape index (κ1) is 8.43. The van der Waals surface area contributed by atoms with E-state index in [9.17, 15) is 13.6 Å². The summed E-state index contributed by atoms with van der Waals surface area (Å²) in [5.74, 6) is -4.39. The molecule has 4 heteroatoms. The van der Waals surface area contributed by atoms with Gasteiger partial charge in [-0.05, 0) is 12.8 Å². The first-order valence-corrected chi connectivity index (χ1v) is 3.57. The summed E-state index contributed by atoms with van der Waals surface area (Å²) in [6.07, 6.45) is -0.161. The topological polar surface area (TPSA) is 37.3 Å². The van der Waals surface area contributed by atoms with E-state index >= 15 is 0 Å². The summed E-state index contributed by atoms with van der Waals surface area (Å²) < 4.78 is 25.7. The van der Waals surface area contributed by atoms with Crippen molar-refractivity contribution in [1.82, 2.24) is 0 Å². The van der Waals surface area contributed by atoms with Gasteiger partial charge in [0.2, 0.25) is 0 Å². The molecule has 0 amide bonds. The van der Waals surface area contributed by atoms with Gasteiger partial charge in [-0.25, -0.2) is 8.78 Å². The number of carbonyl (C=O) groups is 1. The Morgan fingerprint density at radius 1 is 1.64 bits per heavy atom. The molecular formula is C7H10F2O2. The smallest absolute Gasteiger partial charge is 0.315 e. The highest BCUT2D eigenvalue weighted by molar-refractivity contribution is 5.79. The maximum absolute atomic E-state index is 12.9. The lowest BCUT2D eigenvalue weighted by Crippen LogP contribution is -2.35. The highest BCUT2D eigenvalue weighted by Crippen LogP contribution is 2.58. The number of aliphatic carboxylic acids is 1. The summed E-state index contributed by atoms with van der Waals surface area (Å²) in [4.78, 5) is 10.4. The predicted molar refractivity (Wildman–Crippen MR) is 34.5 cm³/mol. The first-order valence-electron chi connectivity index (χ1n) is 3.57. The molecule has 2 nitrogen and oxygen atoms in total. The number of hydrogen-bond donors (Lipinski definition) is 1. The van der Waals surface area contributed by atoms with Crippen LogP contribution in [-0.4, -0.2) is 17.0 Å². The molecule has 0 atom stereocenters. The first-order chi connectivity index (χ1) is 4.96. The second-order valence-corrected chi connectivity index (χ2v) is 2.95. The summed E-state index contributed by atoms with van der Waals surface area (Å²) in [5, 5.41) is 8.49. The van der Waals surface area contributed by atoms with E-state index in [2.05, 4.69) is 0 Å². The average Bonchev–Trinajstić information content (AvgIpc) is 2.66. The van der Waals surface area contributed by atoms with Crippen molar-refractivity contribution >= 4 is 5.97 Å². The van der Waals surface area contributed by atoms with E-state index in [1.165, 1.54) is 6.92 Å². The number of halogens is 2. The summed E-state index contributed by atoms with van der Waals surface area (Å²) in [7, 11) is 0. The van der Waals surface area contributed by atoms with E-state index in [0.717, 1.165) is 0 Å². The highest BCUT2D eigenvalue weighted by Gasteiger charge is 2.66. The summed E-state index contributed by atoms with van der Waals surface area (Å²) in [5.41, 5.74) is -1.72. The fourth-order valence-electron chi connectivity index (χ4n) is 1.20. The van der Waals surface area contributed by atoms with Gasteiger partial charge in [-0.1, -0.05) is 6.92 Å². The van der Waals surface area contributed by atoms with Crippen molar-refractivity contribution < 1.29 is 18.7 Å². The van der Waals surface area contributed by atoms with E-state index in [1.807, 2.05) is 0 Å². The van der Waals surface area contributed by atoms with Crippen molar-refractivity contribution in [3.63, 3.8) is 0 Å². The van der Waals surface area contributed by atoms with Gasteiger partial charge < -0.3 is 5.11 Å². The van der Waals surface area contributed by atoms with Crippen LogP contribution in [0.25, 0.3) is 0 Å². The second-order valence-electron chi connectivity index (χ2n) is 2.95. The van der Waals surface area contributed by atoms with E-state index in [-0.39, 0.29) is 19.3 Å². The minimum atomic E-state index is -3.03. The van der Waals surface area contributed by atoms with E-state index in [1.54, 1.807) is 0 Å². The standard InChI is InChI=1S/C7H10F2O2/c1-2-7(8,9)6(3-4-6)5(10)11/h2-4H2,1H3,(H,10,11). The zero-order valence-electron chi connectivity index (χ0n) is 6.23. The molecule has 1 fully saturated rings. The summed E-state index contributed by atoms with van der Waals surface area (Å²) in [6.45, 7) is 1.31. The molecule has 11 heavy (non-hydrogen) atoms. The molecule has 1 saturated carbocycles. The van der Waals surface area contributed by atoms with Crippen LogP contribution in [0.4, 0.5) is 8.78 Å². The van der Waals surface area contributed by atoms with E-state index < -0.39 is 17.3 Å². The molecule has 0 aromatic heterocycles. The van der Waals surface area contributed by atoms with Crippen molar-refractivity contribution in [1.29, 1.82) is 0 Å². The minimum absolute atomic E-state index is 0.114. The van der Waals surface area contributed by atoms with Gasteiger partial charge in [0.05, 0.1) is 0 Å². The van der Waals surface area contributed by atoms with Crippen molar-refractivity contribution in [2.24, 2.45) is 5.41 Å². The molecule has 0 saturated heterocycles. The van der Waals surface area contributed by atoms with Gasteiger partial charge in [-0.3, -0.25) is 4.79 Å². The van der Waals surface area contributed by atoms with E-state index in [4.69, 9.17) is 5.11 Å². The Labute approximate surface area is 63.2 Å². The fourth-order valence-corrected chi connectivity index (χ4v) is 1.20. The fraction of sp³-hybridized carbons (Fsp3) is 0.857. The van der Waals surface area contributed by atoms with Crippen molar-refractivity contribution in [2.45, 2.75) is 32.1 Å². The van der Waals surface area contributed by atoms with Crippen molar-refractivity contribution in [2.75, 3.05) is 0 Å². The van der Waals surface area contributed by atoms with Crippen LogP contribution in [0, 0.1) is 5.41 Å². The van der Waals surface area contributed by atoms with Crippen LogP contribution in [0.15, 0.2) is 0 Å². The van der Waals surface area contributed by atoms with Crippen molar-refractivity contribution in [3.05, 3.63) is 0 Å². The molecule has 0 unspecified atom stereocenters. The van der Waals surface area contributed by atoms with Gasteiger partial charge >= 0.3 is 5.97 Å². The molecule has 0 heterocycles. The SMILES string of the molecule is CCC(F)(F)C1(C(=O)O)CC1. The van der Waals surface area contributed by atoms with Crippen LogP contribution in [0.2, 0.25) is 0 Å². The lowest BCUT2D eigenvalue weighted by atomic mass is 9.96. The van der Waals surface area contributed by atoms with Gasteiger partial charge in [0.25, 0.3) is 5.92 Å². The van der Waals surface area contributed by atoms with Gasteiger partial charge in [-0.15, -0.1) is 0 Å². The van der Waals surface area contributed by atoms with Gasteiger partial charge in [0.15, 0.2) is 0 Å². The maximum Gasteiger partial charge on any atom is 0.315 e. The Morgan fingerprint density at radius 2 is 2.09 bits per heavy atom. The van der Waals surface area contributed by atoms with E-state index in [0.29, 0.717) is 0 Å².